The summed E-state index contributed by atoms with van der Waals surface area (Å²) in [6.07, 6.45) is 3.66. The van der Waals surface area contributed by atoms with Gasteiger partial charge in [0.05, 0.1) is 29.8 Å². The Morgan fingerprint density at radius 1 is 0.944 bits per heavy atom. The summed E-state index contributed by atoms with van der Waals surface area (Å²) in [5, 5.41) is 4.03. The lowest BCUT2D eigenvalue weighted by molar-refractivity contribution is 0.0940. The maximum atomic E-state index is 12.7. The van der Waals surface area contributed by atoms with Crippen molar-refractivity contribution in [3.05, 3.63) is 125 Å². The second kappa shape index (κ2) is 10.8. The van der Waals surface area contributed by atoms with E-state index in [0.29, 0.717) is 5.56 Å². The Labute approximate surface area is 215 Å². The maximum absolute atomic E-state index is 12.7. The minimum atomic E-state index is -0.0713. The van der Waals surface area contributed by atoms with Crippen molar-refractivity contribution in [2.45, 2.75) is 37.3 Å². The summed E-state index contributed by atoms with van der Waals surface area (Å²) in [6.45, 7) is 4.83. The molecule has 5 rings (SSSR count). The normalized spacial score (nSPS) is 11.9. The van der Waals surface area contributed by atoms with Gasteiger partial charge in [-0.25, -0.2) is 4.98 Å². The smallest absolute Gasteiger partial charge is 0.251 e. The van der Waals surface area contributed by atoms with Crippen molar-refractivity contribution in [1.82, 2.24) is 19.9 Å². The summed E-state index contributed by atoms with van der Waals surface area (Å²) < 4.78 is 2.23. The third kappa shape index (κ3) is 5.50. The molecule has 36 heavy (non-hydrogen) atoms. The molecule has 0 aliphatic heterocycles. The van der Waals surface area contributed by atoms with Crippen LogP contribution in [0.15, 0.2) is 102 Å². The number of amides is 1. The Kier molecular flexibility index (Phi) is 7.14. The third-order valence-corrected chi connectivity index (χ3v) is 7.26. The third-order valence-electron chi connectivity index (χ3n) is 6.21. The number of pyridine rings is 1. The highest BCUT2D eigenvalue weighted by molar-refractivity contribution is 7.98. The lowest BCUT2D eigenvalue weighted by Gasteiger charge is -2.14. The van der Waals surface area contributed by atoms with Crippen LogP contribution < -0.4 is 5.32 Å². The predicted molar refractivity (Wildman–Crippen MR) is 146 cm³/mol. The molecule has 3 aromatic carbocycles. The molecule has 0 radical (unpaired) electrons. The Hall–Kier alpha value is -3.90. The number of imidazole rings is 1. The molecule has 0 aliphatic carbocycles. The standard InChI is InChI=1S/C30H28N4OS/c1-21-8-10-23(11-9-21)19-34-28-18-31-17-16-27(28)33-30(34)36-20-24-12-14-26(15-13-24)29(35)32-22(2)25-6-4-3-5-7-25/h3-18,22H,19-20H2,1-2H3,(H,32,35). The minimum Gasteiger partial charge on any atom is -0.346 e. The van der Waals surface area contributed by atoms with E-state index in [1.54, 1.807) is 18.0 Å². The van der Waals surface area contributed by atoms with E-state index in [0.717, 1.165) is 39.6 Å². The van der Waals surface area contributed by atoms with E-state index in [1.165, 1.54) is 11.1 Å². The van der Waals surface area contributed by atoms with Crippen LogP contribution in [0.25, 0.3) is 11.0 Å². The monoisotopic (exact) mass is 492 g/mol. The summed E-state index contributed by atoms with van der Waals surface area (Å²) in [6, 6.07) is 28.3. The highest BCUT2D eigenvalue weighted by atomic mass is 32.2. The minimum absolute atomic E-state index is 0.0510. The summed E-state index contributed by atoms with van der Waals surface area (Å²) in [5.41, 5.74) is 7.33. The van der Waals surface area contributed by atoms with Gasteiger partial charge in [-0.2, -0.15) is 0 Å². The molecule has 1 atom stereocenters. The van der Waals surface area contributed by atoms with Crippen LogP contribution in [-0.4, -0.2) is 20.4 Å². The number of nitrogens with one attached hydrogen (secondary N) is 1. The van der Waals surface area contributed by atoms with Gasteiger partial charge in [0.15, 0.2) is 5.16 Å². The van der Waals surface area contributed by atoms with Gasteiger partial charge in [0.1, 0.15) is 0 Å². The fourth-order valence-corrected chi connectivity index (χ4v) is 5.06. The molecule has 0 fully saturated rings. The number of nitrogens with zero attached hydrogens (tertiary/aromatic N) is 3. The molecule has 5 aromatic rings. The van der Waals surface area contributed by atoms with E-state index in [2.05, 4.69) is 46.1 Å². The Balaban J connectivity index is 1.27. The van der Waals surface area contributed by atoms with E-state index < -0.39 is 0 Å². The summed E-state index contributed by atoms with van der Waals surface area (Å²) in [5.74, 6) is 0.686. The number of carbonyl (C=O) groups is 1. The van der Waals surface area contributed by atoms with Crippen molar-refractivity contribution in [2.75, 3.05) is 0 Å². The molecule has 6 heteroatoms. The summed E-state index contributed by atoms with van der Waals surface area (Å²) in [4.78, 5) is 21.9. The average molecular weight is 493 g/mol. The number of rotatable bonds is 8. The van der Waals surface area contributed by atoms with Crippen molar-refractivity contribution in [3.8, 4) is 0 Å². The van der Waals surface area contributed by atoms with Gasteiger partial charge < -0.3 is 9.88 Å². The van der Waals surface area contributed by atoms with Gasteiger partial charge in [-0.3, -0.25) is 9.78 Å². The van der Waals surface area contributed by atoms with E-state index >= 15 is 0 Å². The van der Waals surface area contributed by atoms with Gasteiger partial charge in [-0.05, 0) is 48.7 Å². The van der Waals surface area contributed by atoms with Crippen molar-refractivity contribution >= 4 is 28.7 Å². The van der Waals surface area contributed by atoms with Gasteiger partial charge in [-0.1, -0.05) is 84.1 Å². The number of aryl methyl sites for hydroxylation is 1. The number of fused-ring (bicyclic) bond motifs is 1. The van der Waals surface area contributed by atoms with Crippen molar-refractivity contribution in [1.29, 1.82) is 0 Å². The average Bonchev–Trinajstić information content (AvgIpc) is 3.26. The van der Waals surface area contributed by atoms with Crippen LogP contribution in [0.3, 0.4) is 0 Å². The van der Waals surface area contributed by atoms with E-state index in [9.17, 15) is 4.79 Å². The first-order valence-corrected chi connectivity index (χ1v) is 13.0. The van der Waals surface area contributed by atoms with Crippen LogP contribution in [-0.2, 0) is 12.3 Å². The molecule has 5 nitrogen and oxygen atoms in total. The van der Waals surface area contributed by atoms with Crippen LogP contribution in [0.5, 0.6) is 0 Å². The number of thioether (sulfide) groups is 1. The zero-order valence-corrected chi connectivity index (χ0v) is 21.2. The van der Waals surface area contributed by atoms with E-state index in [4.69, 9.17) is 4.98 Å². The van der Waals surface area contributed by atoms with Crippen molar-refractivity contribution < 1.29 is 4.79 Å². The van der Waals surface area contributed by atoms with Crippen LogP contribution >= 0.6 is 11.8 Å². The SMILES string of the molecule is Cc1ccc(Cn2c(SCc3ccc(C(=O)NC(C)c4ccccc4)cc3)nc3ccncc32)cc1. The fraction of sp³-hybridized carbons (Fsp3) is 0.167. The number of benzene rings is 3. The molecule has 0 saturated heterocycles. The first-order chi connectivity index (χ1) is 17.6. The molecule has 180 valence electrons. The Morgan fingerprint density at radius 3 is 2.42 bits per heavy atom. The number of hydrogen-bond donors (Lipinski definition) is 1. The number of hydrogen-bond acceptors (Lipinski definition) is 4. The molecule has 2 aromatic heterocycles. The van der Waals surface area contributed by atoms with Gasteiger partial charge in [-0.15, -0.1) is 0 Å². The number of aromatic nitrogens is 3. The highest BCUT2D eigenvalue weighted by Crippen LogP contribution is 2.27. The second-order valence-corrected chi connectivity index (χ2v) is 9.86. The van der Waals surface area contributed by atoms with Crippen LogP contribution in [0, 0.1) is 6.92 Å². The lowest BCUT2D eigenvalue weighted by Crippen LogP contribution is -2.26. The van der Waals surface area contributed by atoms with Crippen molar-refractivity contribution in [3.63, 3.8) is 0 Å². The van der Waals surface area contributed by atoms with Gasteiger partial charge >= 0.3 is 0 Å². The molecule has 0 aliphatic rings. The van der Waals surface area contributed by atoms with Crippen LogP contribution in [0.2, 0.25) is 0 Å². The first kappa shape index (κ1) is 23.8. The Bertz CT molecular complexity index is 1460. The molecule has 0 bridgehead atoms. The quantitative estimate of drug-likeness (QED) is 0.249. The molecule has 1 amide bonds. The summed E-state index contributed by atoms with van der Waals surface area (Å²) >= 11 is 1.69. The molecular formula is C30H28N4OS. The van der Waals surface area contributed by atoms with Crippen LogP contribution in [0.4, 0.5) is 0 Å². The lowest BCUT2D eigenvalue weighted by atomic mass is 10.1. The summed E-state index contributed by atoms with van der Waals surface area (Å²) in [7, 11) is 0. The fourth-order valence-electron chi connectivity index (χ4n) is 4.09. The van der Waals surface area contributed by atoms with Gasteiger partial charge in [0, 0.05) is 17.5 Å². The maximum Gasteiger partial charge on any atom is 0.251 e. The Morgan fingerprint density at radius 2 is 1.67 bits per heavy atom. The molecular weight excluding hydrogens is 464 g/mol. The highest BCUT2D eigenvalue weighted by Gasteiger charge is 2.14. The zero-order chi connectivity index (χ0) is 24.9. The van der Waals surface area contributed by atoms with E-state index in [1.807, 2.05) is 73.8 Å². The van der Waals surface area contributed by atoms with Crippen LogP contribution in [0.1, 0.15) is 45.6 Å². The second-order valence-electron chi connectivity index (χ2n) is 8.92. The molecule has 0 spiro atoms. The predicted octanol–water partition coefficient (Wildman–Crippen LogP) is 6.57. The molecule has 1 unspecified atom stereocenters. The largest absolute Gasteiger partial charge is 0.346 e. The topological polar surface area (TPSA) is 59.8 Å². The van der Waals surface area contributed by atoms with Gasteiger partial charge in [0.2, 0.25) is 0 Å². The molecule has 0 saturated carbocycles. The first-order valence-electron chi connectivity index (χ1n) is 12.0. The molecule has 2 heterocycles. The van der Waals surface area contributed by atoms with E-state index in [-0.39, 0.29) is 11.9 Å². The number of carbonyl (C=O) groups excluding carboxylic acids is 1. The van der Waals surface area contributed by atoms with Gasteiger partial charge in [0.25, 0.3) is 5.91 Å². The zero-order valence-electron chi connectivity index (χ0n) is 20.4. The van der Waals surface area contributed by atoms with Crippen molar-refractivity contribution in [2.24, 2.45) is 0 Å². The molecule has 1 N–H and O–H groups in total.